The second-order valence-electron chi connectivity index (χ2n) is 4.68. The molecule has 2 bridgehead atoms. The number of carbonyl (C=O) groups excluding carboxylic acids is 1. The Morgan fingerprint density at radius 2 is 2.00 bits per heavy atom. The van der Waals surface area contributed by atoms with Crippen molar-refractivity contribution < 1.29 is 4.79 Å². The molecule has 0 aliphatic carbocycles. The van der Waals surface area contributed by atoms with Crippen molar-refractivity contribution in [3.8, 4) is 0 Å². The molecule has 3 aliphatic heterocycles. The zero-order valence-electron chi connectivity index (χ0n) is 9.56. The van der Waals surface area contributed by atoms with Gasteiger partial charge in [-0.3, -0.25) is 4.79 Å². The first-order valence-corrected chi connectivity index (χ1v) is 7.22. The van der Waals surface area contributed by atoms with E-state index in [9.17, 15) is 4.79 Å². The minimum atomic E-state index is 0.163. The quantitative estimate of drug-likeness (QED) is 0.782. The molecule has 0 aromatic carbocycles. The largest absolute Gasteiger partial charge is 0.334 e. The van der Waals surface area contributed by atoms with E-state index in [1.807, 2.05) is 6.07 Å². The molecule has 3 aliphatic rings. The molecule has 4 heterocycles. The van der Waals surface area contributed by atoms with E-state index in [-0.39, 0.29) is 5.91 Å². The van der Waals surface area contributed by atoms with Crippen LogP contribution in [-0.2, 0) is 0 Å². The highest BCUT2D eigenvalue weighted by atomic mass is 35.5. The van der Waals surface area contributed by atoms with Crippen LogP contribution in [-0.4, -0.2) is 47.9 Å². The summed E-state index contributed by atoms with van der Waals surface area (Å²) in [5, 5.41) is 0. The lowest BCUT2D eigenvalue weighted by molar-refractivity contribution is 0.0690. The fourth-order valence-corrected chi connectivity index (χ4v) is 3.72. The number of piperidine rings is 1. The number of rotatable bonds is 1. The first kappa shape index (κ1) is 11.5. The second-order valence-corrected chi connectivity index (χ2v) is 6.39. The van der Waals surface area contributed by atoms with Crippen LogP contribution in [0.25, 0.3) is 0 Å². The van der Waals surface area contributed by atoms with Crippen LogP contribution in [0.3, 0.4) is 0 Å². The van der Waals surface area contributed by atoms with Crippen LogP contribution in [0.15, 0.2) is 12.1 Å². The molecule has 0 unspecified atom stereocenters. The van der Waals surface area contributed by atoms with Gasteiger partial charge in [0.2, 0.25) is 0 Å². The van der Waals surface area contributed by atoms with Gasteiger partial charge in [-0.05, 0) is 25.0 Å². The Morgan fingerprint density at radius 1 is 1.24 bits per heavy atom. The van der Waals surface area contributed by atoms with Crippen LogP contribution >= 0.6 is 22.9 Å². The lowest BCUT2D eigenvalue weighted by Crippen LogP contribution is -2.41. The van der Waals surface area contributed by atoms with Gasteiger partial charge in [0, 0.05) is 32.2 Å². The molecular weight excluding hydrogens is 256 g/mol. The summed E-state index contributed by atoms with van der Waals surface area (Å²) in [6.07, 6.45) is 2.23. The fraction of sp³-hybridized carbons (Fsp3) is 0.583. The molecule has 1 amide bonds. The molecule has 92 valence electrons. The predicted molar refractivity (Wildman–Crippen MR) is 69.8 cm³/mol. The first-order chi connectivity index (χ1) is 8.24. The molecule has 0 spiro atoms. The van der Waals surface area contributed by atoms with E-state index in [1.54, 1.807) is 6.07 Å². The van der Waals surface area contributed by atoms with Crippen molar-refractivity contribution in [2.75, 3.05) is 26.2 Å². The van der Waals surface area contributed by atoms with Crippen LogP contribution < -0.4 is 0 Å². The lowest BCUT2D eigenvalue weighted by atomic mass is 10.1. The number of fused-ring (bicyclic) bond motifs is 4. The maximum absolute atomic E-state index is 12.4. The van der Waals surface area contributed by atoms with Crippen molar-refractivity contribution in [3.05, 3.63) is 21.3 Å². The normalized spacial score (nSPS) is 28.2. The van der Waals surface area contributed by atoms with Crippen LogP contribution in [0, 0.1) is 0 Å². The summed E-state index contributed by atoms with van der Waals surface area (Å²) < 4.78 is 0.691. The van der Waals surface area contributed by atoms with Crippen LogP contribution in [0.1, 0.15) is 22.5 Å². The van der Waals surface area contributed by atoms with E-state index in [0.717, 1.165) is 43.9 Å². The van der Waals surface area contributed by atoms with E-state index in [2.05, 4.69) is 9.80 Å². The Kier molecular flexibility index (Phi) is 3.11. The van der Waals surface area contributed by atoms with Gasteiger partial charge in [0.15, 0.2) is 0 Å². The number of halogens is 1. The molecule has 1 aromatic heterocycles. The maximum Gasteiger partial charge on any atom is 0.264 e. The van der Waals surface area contributed by atoms with E-state index in [4.69, 9.17) is 11.6 Å². The smallest absolute Gasteiger partial charge is 0.264 e. The predicted octanol–water partition coefficient (Wildman–Crippen LogP) is 2.32. The van der Waals surface area contributed by atoms with E-state index < -0.39 is 0 Å². The van der Waals surface area contributed by atoms with E-state index in [0.29, 0.717) is 10.4 Å². The third kappa shape index (κ3) is 2.21. The third-order valence-electron chi connectivity index (χ3n) is 3.70. The summed E-state index contributed by atoms with van der Waals surface area (Å²) in [6, 6.07) is 4.08. The summed E-state index contributed by atoms with van der Waals surface area (Å²) in [4.78, 5) is 17.7. The number of thiophene rings is 1. The van der Waals surface area contributed by atoms with Gasteiger partial charge in [-0.2, -0.15) is 0 Å². The summed E-state index contributed by atoms with van der Waals surface area (Å²) in [7, 11) is 0. The summed E-state index contributed by atoms with van der Waals surface area (Å²) in [6.45, 7) is 4.15. The lowest BCUT2D eigenvalue weighted by Gasteiger charge is -2.31. The molecule has 0 N–H and O–H groups in total. The molecule has 3 nitrogen and oxygen atoms in total. The second kappa shape index (κ2) is 4.59. The van der Waals surface area contributed by atoms with E-state index >= 15 is 0 Å². The highest BCUT2D eigenvalue weighted by molar-refractivity contribution is 7.17. The Morgan fingerprint density at radius 3 is 2.65 bits per heavy atom. The fourth-order valence-electron chi connectivity index (χ4n) is 2.72. The minimum absolute atomic E-state index is 0.163. The van der Waals surface area contributed by atoms with Crippen molar-refractivity contribution >= 4 is 28.8 Å². The highest BCUT2D eigenvalue weighted by Gasteiger charge is 2.32. The molecule has 17 heavy (non-hydrogen) atoms. The minimum Gasteiger partial charge on any atom is -0.334 e. The number of amides is 1. The third-order valence-corrected chi connectivity index (χ3v) is 4.92. The Labute approximate surface area is 110 Å². The van der Waals surface area contributed by atoms with Gasteiger partial charge in [0.05, 0.1) is 9.21 Å². The monoisotopic (exact) mass is 270 g/mol. The molecule has 3 saturated heterocycles. The number of hydrogen-bond acceptors (Lipinski definition) is 3. The van der Waals surface area contributed by atoms with Crippen molar-refractivity contribution in [2.45, 2.75) is 18.9 Å². The van der Waals surface area contributed by atoms with Gasteiger partial charge < -0.3 is 9.80 Å². The highest BCUT2D eigenvalue weighted by Crippen LogP contribution is 2.27. The van der Waals surface area contributed by atoms with Gasteiger partial charge in [-0.1, -0.05) is 11.6 Å². The molecule has 0 saturated carbocycles. The number of hydrogen-bond donors (Lipinski definition) is 0. The number of carbonyl (C=O) groups is 1. The van der Waals surface area contributed by atoms with Crippen molar-refractivity contribution in [3.63, 3.8) is 0 Å². The van der Waals surface area contributed by atoms with Gasteiger partial charge in [-0.25, -0.2) is 0 Å². The zero-order valence-corrected chi connectivity index (χ0v) is 11.1. The number of nitrogens with zero attached hydrogens (tertiary/aromatic N) is 2. The molecule has 0 atom stereocenters. The molecule has 4 rings (SSSR count). The molecule has 0 radical (unpaired) electrons. The molecule has 1 aromatic rings. The zero-order chi connectivity index (χ0) is 11.8. The van der Waals surface area contributed by atoms with Crippen molar-refractivity contribution in [1.82, 2.24) is 9.80 Å². The Balaban J connectivity index is 1.81. The Bertz CT molecular complexity index is 426. The SMILES string of the molecule is O=C(c1ccc(Cl)s1)N1CCN2CCC1CC2. The summed E-state index contributed by atoms with van der Waals surface area (Å²) in [5.74, 6) is 0.163. The van der Waals surface area contributed by atoms with Gasteiger partial charge in [0.1, 0.15) is 0 Å². The van der Waals surface area contributed by atoms with Crippen LogP contribution in [0.2, 0.25) is 4.34 Å². The summed E-state index contributed by atoms with van der Waals surface area (Å²) >= 11 is 7.28. The standard InChI is InChI=1S/C12H15ClN2OS/c13-11-2-1-10(17-11)12(16)15-8-7-14-5-3-9(15)4-6-14/h1-2,9H,3-8H2. The summed E-state index contributed by atoms with van der Waals surface area (Å²) in [5.41, 5.74) is 0. The van der Waals surface area contributed by atoms with E-state index in [1.165, 1.54) is 11.3 Å². The van der Waals surface area contributed by atoms with Gasteiger partial charge in [0.25, 0.3) is 5.91 Å². The average molecular weight is 271 g/mol. The first-order valence-electron chi connectivity index (χ1n) is 6.03. The Hall–Kier alpha value is -0.580. The molecule has 3 fully saturated rings. The van der Waals surface area contributed by atoms with Gasteiger partial charge >= 0.3 is 0 Å². The molecule has 5 heteroatoms. The van der Waals surface area contributed by atoms with Gasteiger partial charge in [-0.15, -0.1) is 11.3 Å². The van der Waals surface area contributed by atoms with Crippen LogP contribution in [0.4, 0.5) is 0 Å². The van der Waals surface area contributed by atoms with Crippen molar-refractivity contribution in [2.24, 2.45) is 0 Å². The van der Waals surface area contributed by atoms with Crippen LogP contribution in [0.5, 0.6) is 0 Å². The van der Waals surface area contributed by atoms with Crippen molar-refractivity contribution in [1.29, 1.82) is 0 Å². The molecular formula is C12H15ClN2OS. The maximum atomic E-state index is 12.4. The average Bonchev–Trinajstić information content (AvgIpc) is 2.58. The topological polar surface area (TPSA) is 23.6 Å².